The molecule has 0 aliphatic carbocycles. The van der Waals surface area contributed by atoms with Gasteiger partial charge in [0.25, 0.3) is 0 Å². The van der Waals surface area contributed by atoms with Crippen molar-refractivity contribution >= 4 is 5.95 Å². The van der Waals surface area contributed by atoms with Crippen LogP contribution in [0, 0.1) is 11.8 Å². The Morgan fingerprint density at radius 2 is 1.71 bits per heavy atom. The number of piperazine rings is 1. The average molecular weight is 278 g/mol. The Kier molecular flexibility index (Phi) is 4.13. The number of hydrogen-bond donors (Lipinski definition) is 0. The van der Waals surface area contributed by atoms with Gasteiger partial charge in [0.2, 0.25) is 5.95 Å². The van der Waals surface area contributed by atoms with Gasteiger partial charge in [0, 0.05) is 37.9 Å². The molecular formula is C17H18N4. The van der Waals surface area contributed by atoms with Crippen LogP contribution in [0.1, 0.15) is 11.3 Å². The van der Waals surface area contributed by atoms with E-state index in [1.807, 2.05) is 36.4 Å². The lowest BCUT2D eigenvalue weighted by Crippen LogP contribution is -2.45. The first kappa shape index (κ1) is 13.6. The molecule has 2 heterocycles. The van der Waals surface area contributed by atoms with Crippen LogP contribution in [-0.4, -0.2) is 48.1 Å². The molecule has 2 aromatic rings. The molecule has 1 aliphatic heterocycles. The number of rotatable bonds is 1. The zero-order valence-electron chi connectivity index (χ0n) is 12.2. The molecule has 1 saturated heterocycles. The third kappa shape index (κ3) is 3.59. The molecule has 106 valence electrons. The summed E-state index contributed by atoms with van der Waals surface area (Å²) in [6, 6.07) is 11.8. The zero-order valence-corrected chi connectivity index (χ0v) is 12.2. The maximum Gasteiger partial charge on any atom is 0.226 e. The van der Waals surface area contributed by atoms with Crippen molar-refractivity contribution in [2.24, 2.45) is 0 Å². The van der Waals surface area contributed by atoms with E-state index in [-0.39, 0.29) is 0 Å². The van der Waals surface area contributed by atoms with Gasteiger partial charge in [-0.1, -0.05) is 24.1 Å². The minimum absolute atomic E-state index is 0.766. The molecule has 0 spiro atoms. The molecule has 4 nitrogen and oxygen atoms in total. The zero-order chi connectivity index (χ0) is 14.5. The predicted octanol–water partition coefficient (Wildman–Crippen LogP) is 1.63. The highest BCUT2D eigenvalue weighted by atomic mass is 15.3. The van der Waals surface area contributed by atoms with E-state index in [1.54, 1.807) is 6.20 Å². The number of benzene rings is 1. The van der Waals surface area contributed by atoms with Crippen LogP contribution < -0.4 is 4.90 Å². The summed E-state index contributed by atoms with van der Waals surface area (Å²) < 4.78 is 0. The second-order valence-electron chi connectivity index (χ2n) is 5.15. The van der Waals surface area contributed by atoms with Crippen LogP contribution >= 0.6 is 0 Å². The Labute approximate surface area is 125 Å². The van der Waals surface area contributed by atoms with E-state index < -0.39 is 0 Å². The summed E-state index contributed by atoms with van der Waals surface area (Å²) in [4.78, 5) is 13.5. The summed E-state index contributed by atoms with van der Waals surface area (Å²) in [6.45, 7) is 4.02. The quantitative estimate of drug-likeness (QED) is 0.742. The molecule has 1 fully saturated rings. The van der Waals surface area contributed by atoms with Gasteiger partial charge in [-0.3, -0.25) is 0 Å². The summed E-state index contributed by atoms with van der Waals surface area (Å²) >= 11 is 0. The highest BCUT2D eigenvalue weighted by Crippen LogP contribution is 2.10. The molecule has 0 saturated carbocycles. The van der Waals surface area contributed by atoms with Gasteiger partial charge in [0.15, 0.2) is 0 Å². The maximum absolute atomic E-state index is 4.56. The van der Waals surface area contributed by atoms with E-state index in [0.717, 1.165) is 43.4 Å². The highest BCUT2D eigenvalue weighted by molar-refractivity contribution is 5.42. The second kappa shape index (κ2) is 6.38. The summed E-state index contributed by atoms with van der Waals surface area (Å²) in [5.41, 5.74) is 1.76. The van der Waals surface area contributed by atoms with E-state index in [1.165, 1.54) is 0 Å². The van der Waals surface area contributed by atoms with Gasteiger partial charge >= 0.3 is 0 Å². The van der Waals surface area contributed by atoms with Gasteiger partial charge in [-0.25, -0.2) is 9.97 Å². The van der Waals surface area contributed by atoms with E-state index in [4.69, 9.17) is 0 Å². The summed E-state index contributed by atoms with van der Waals surface area (Å²) in [5.74, 6) is 7.02. The Balaban J connectivity index is 1.76. The fourth-order valence-electron chi connectivity index (χ4n) is 2.23. The van der Waals surface area contributed by atoms with Crippen molar-refractivity contribution in [3.8, 4) is 11.8 Å². The number of aromatic nitrogens is 2. The summed E-state index contributed by atoms with van der Waals surface area (Å²) in [5, 5.41) is 0. The van der Waals surface area contributed by atoms with Crippen molar-refractivity contribution in [3.63, 3.8) is 0 Å². The predicted molar refractivity (Wildman–Crippen MR) is 84.2 cm³/mol. The van der Waals surface area contributed by atoms with Crippen molar-refractivity contribution in [2.75, 3.05) is 38.1 Å². The molecule has 0 N–H and O–H groups in total. The first-order valence-corrected chi connectivity index (χ1v) is 7.15. The average Bonchev–Trinajstić information content (AvgIpc) is 2.55. The van der Waals surface area contributed by atoms with Crippen LogP contribution in [0.25, 0.3) is 0 Å². The number of nitrogens with zero attached hydrogens (tertiary/aromatic N) is 4. The first-order valence-electron chi connectivity index (χ1n) is 7.15. The van der Waals surface area contributed by atoms with Crippen LogP contribution in [-0.2, 0) is 0 Å². The van der Waals surface area contributed by atoms with Crippen LogP contribution in [0.5, 0.6) is 0 Å². The minimum atomic E-state index is 0.766. The fourth-order valence-corrected chi connectivity index (χ4v) is 2.23. The molecule has 0 amide bonds. The summed E-state index contributed by atoms with van der Waals surface area (Å²) in [7, 11) is 2.14. The van der Waals surface area contributed by atoms with Crippen molar-refractivity contribution in [3.05, 3.63) is 53.9 Å². The molecule has 1 aromatic carbocycles. The van der Waals surface area contributed by atoms with Crippen LogP contribution in [0.3, 0.4) is 0 Å². The van der Waals surface area contributed by atoms with Gasteiger partial charge in [0.05, 0.1) is 0 Å². The normalized spacial score (nSPS) is 15.4. The second-order valence-corrected chi connectivity index (χ2v) is 5.15. The Morgan fingerprint density at radius 1 is 0.952 bits per heavy atom. The largest absolute Gasteiger partial charge is 0.338 e. The van der Waals surface area contributed by atoms with E-state index in [0.29, 0.717) is 0 Å². The molecule has 0 bridgehead atoms. The van der Waals surface area contributed by atoms with Crippen molar-refractivity contribution < 1.29 is 0 Å². The number of anilines is 1. The third-order valence-electron chi connectivity index (χ3n) is 3.54. The lowest BCUT2D eigenvalue weighted by molar-refractivity contribution is 0.311. The van der Waals surface area contributed by atoms with Gasteiger partial charge in [0.1, 0.15) is 5.69 Å². The molecule has 1 aromatic heterocycles. The third-order valence-corrected chi connectivity index (χ3v) is 3.54. The molecule has 3 rings (SSSR count). The van der Waals surface area contributed by atoms with Gasteiger partial charge in [-0.05, 0) is 31.2 Å². The fraction of sp³-hybridized carbons (Fsp3) is 0.294. The smallest absolute Gasteiger partial charge is 0.226 e. The monoisotopic (exact) mass is 278 g/mol. The van der Waals surface area contributed by atoms with E-state index >= 15 is 0 Å². The van der Waals surface area contributed by atoms with E-state index in [2.05, 4.69) is 38.7 Å². The lowest BCUT2D eigenvalue weighted by Gasteiger charge is -2.32. The minimum Gasteiger partial charge on any atom is -0.338 e. The van der Waals surface area contributed by atoms with Crippen molar-refractivity contribution in [2.45, 2.75) is 0 Å². The van der Waals surface area contributed by atoms with E-state index in [9.17, 15) is 0 Å². The SMILES string of the molecule is CN1CCN(c2nccc(C#Cc3ccccc3)n2)CC1. The first-order chi connectivity index (χ1) is 10.3. The van der Waals surface area contributed by atoms with Gasteiger partial charge in [-0.15, -0.1) is 0 Å². The van der Waals surface area contributed by atoms with Crippen molar-refractivity contribution in [1.82, 2.24) is 14.9 Å². The molecule has 0 atom stereocenters. The topological polar surface area (TPSA) is 32.3 Å². The van der Waals surface area contributed by atoms with Gasteiger partial charge in [-0.2, -0.15) is 0 Å². The Hall–Kier alpha value is -2.38. The van der Waals surface area contributed by atoms with Crippen molar-refractivity contribution in [1.29, 1.82) is 0 Å². The molecule has 0 radical (unpaired) electrons. The standard InChI is InChI=1S/C17H18N4/c1-20-11-13-21(14-12-20)17-18-10-9-16(19-17)8-7-15-5-3-2-4-6-15/h2-6,9-10H,11-14H2,1H3. The van der Waals surface area contributed by atoms with Crippen LogP contribution in [0.2, 0.25) is 0 Å². The molecule has 1 aliphatic rings. The molecule has 4 heteroatoms. The number of hydrogen-bond acceptors (Lipinski definition) is 4. The lowest BCUT2D eigenvalue weighted by atomic mass is 10.2. The van der Waals surface area contributed by atoms with Crippen LogP contribution in [0.4, 0.5) is 5.95 Å². The summed E-state index contributed by atoms with van der Waals surface area (Å²) in [6.07, 6.45) is 1.79. The molecule has 21 heavy (non-hydrogen) atoms. The molecular weight excluding hydrogens is 260 g/mol. The molecule has 0 unspecified atom stereocenters. The highest BCUT2D eigenvalue weighted by Gasteiger charge is 2.16. The van der Waals surface area contributed by atoms with Gasteiger partial charge < -0.3 is 9.80 Å². The number of likely N-dealkylation sites (N-methyl/N-ethyl adjacent to an activating group) is 1. The van der Waals surface area contributed by atoms with Crippen LogP contribution in [0.15, 0.2) is 42.6 Å². The Morgan fingerprint density at radius 3 is 2.48 bits per heavy atom. The Bertz CT molecular complexity index is 649. The maximum atomic E-state index is 4.56.